The Hall–Kier alpha value is -0.510. The molecule has 1 aromatic carbocycles. The van der Waals surface area contributed by atoms with Gasteiger partial charge in [-0.2, -0.15) is 0 Å². The molecule has 0 amide bonds. The number of primary sulfonamides is 1. The van der Waals surface area contributed by atoms with E-state index in [0.717, 1.165) is 12.1 Å². The van der Waals surface area contributed by atoms with Gasteiger partial charge in [0.1, 0.15) is 19.4 Å². The van der Waals surface area contributed by atoms with Crippen molar-refractivity contribution in [3.05, 3.63) is 33.9 Å². The predicted molar refractivity (Wildman–Crippen MR) is 72.7 cm³/mol. The van der Waals surface area contributed by atoms with Crippen molar-refractivity contribution in [3.8, 4) is 0 Å². The van der Waals surface area contributed by atoms with Crippen LogP contribution in [-0.2, 0) is 20.0 Å². The molecule has 0 atom stereocenters. The minimum atomic E-state index is -4.29. The highest BCUT2D eigenvalue weighted by Gasteiger charge is 2.24. The SMILES string of the molecule is NS(=O)(=O)c1ccccc1S(=O)(=O)NC(Cl)=C(Cl)Cl. The van der Waals surface area contributed by atoms with Gasteiger partial charge in [-0.25, -0.2) is 22.0 Å². The summed E-state index contributed by atoms with van der Waals surface area (Å²) < 4.78 is 47.8. The van der Waals surface area contributed by atoms with Crippen LogP contribution in [0.15, 0.2) is 43.7 Å². The van der Waals surface area contributed by atoms with E-state index in [1.54, 1.807) is 0 Å². The van der Waals surface area contributed by atoms with E-state index in [4.69, 9.17) is 39.9 Å². The van der Waals surface area contributed by atoms with Gasteiger partial charge in [-0.05, 0) is 12.1 Å². The third-order valence-corrected chi connectivity index (χ3v) is 5.31. The zero-order chi connectivity index (χ0) is 14.8. The number of hydrogen-bond donors (Lipinski definition) is 2. The van der Waals surface area contributed by atoms with Gasteiger partial charge in [-0.15, -0.1) is 0 Å². The van der Waals surface area contributed by atoms with Crippen LogP contribution in [0.4, 0.5) is 0 Å². The van der Waals surface area contributed by atoms with Gasteiger partial charge >= 0.3 is 0 Å². The van der Waals surface area contributed by atoms with Crippen LogP contribution in [0.2, 0.25) is 0 Å². The van der Waals surface area contributed by atoms with Gasteiger partial charge in [0.05, 0.1) is 0 Å². The molecule has 11 heteroatoms. The molecule has 0 fully saturated rings. The fourth-order valence-electron chi connectivity index (χ4n) is 1.12. The van der Waals surface area contributed by atoms with Crippen LogP contribution in [0.3, 0.4) is 0 Å². The maximum atomic E-state index is 11.9. The van der Waals surface area contributed by atoms with Crippen LogP contribution in [-0.4, -0.2) is 16.8 Å². The summed E-state index contributed by atoms with van der Waals surface area (Å²) in [5.74, 6) is 0. The molecule has 0 aliphatic heterocycles. The van der Waals surface area contributed by atoms with Gasteiger partial charge in [-0.1, -0.05) is 46.9 Å². The minimum absolute atomic E-state index is 0.515. The van der Waals surface area contributed by atoms with Crippen molar-refractivity contribution in [3.63, 3.8) is 0 Å². The lowest BCUT2D eigenvalue weighted by Gasteiger charge is -2.10. The molecule has 19 heavy (non-hydrogen) atoms. The third-order valence-electron chi connectivity index (χ3n) is 1.84. The highest BCUT2D eigenvalue weighted by atomic mass is 35.5. The summed E-state index contributed by atoms with van der Waals surface area (Å²) in [5, 5.41) is 4.37. The standard InChI is InChI=1S/C8H7Cl3N2O4S2/c9-7(10)8(11)13-19(16,17)6-4-2-1-3-5(6)18(12,14)15/h1-4,13H,(H2,12,14,15). The number of benzene rings is 1. The number of nitrogens with one attached hydrogen (secondary N) is 1. The van der Waals surface area contributed by atoms with Crippen molar-refractivity contribution in [2.24, 2.45) is 5.14 Å². The van der Waals surface area contributed by atoms with E-state index in [2.05, 4.69) is 0 Å². The van der Waals surface area contributed by atoms with Crippen LogP contribution in [0.5, 0.6) is 0 Å². The molecule has 0 aromatic heterocycles. The van der Waals surface area contributed by atoms with E-state index in [-0.39, 0.29) is 0 Å². The molecule has 0 aliphatic rings. The van der Waals surface area contributed by atoms with E-state index in [0.29, 0.717) is 0 Å². The second kappa shape index (κ2) is 5.86. The second-order valence-electron chi connectivity index (χ2n) is 3.17. The largest absolute Gasteiger partial charge is 0.267 e. The molecule has 1 rings (SSSR count). The first-order valence-electron chi connectivity index (χ1n) is 4.41. The molecule has 0 saturated heterocycles. The van der Waals surface area contributed by atoms with Crippen molar-refractivity contribution in [2.45, 2.75) is 9.79 Å². The number of hydrogen-bond acceptors (Lipinski definition) is 4. The molecular weight excluding hydrogens is 359 g/mol. The Balaban J connectivity index is 3.44. The van der Waals surface area contributed by atoms with E-state index < -0.39 is 39.5 Å². The zero-order valence-corrected chi connectivity index (χ0v) is 12.9. The molecule has 0 heterocycles. The molecule has 106 valence electrons. The molecular formula is C8H7Cl3N2O4S2. The lowest BCUT2D eigenvalue weighted by molar-refractivity contribution is 0.579. The maximum Gasteiger partial charge on any atom is 0.263 e. The molecule has 0 aliphatic carbocycles. The Morgan fingerprint density at radius 2 is 1.47 bits per heavy atom. The zero-order valence-electron chi connectivity index (χ0n) is 8.97. The highest BCUT2D eigenvalue weighted by molar-refractivity contribution is 7.92. The predicted octanol–water partition coefficient (Wildman–Crippen LogP) is 1.46. The molecule has 0 bridgehead atoms. The van der Waals surface area contributed by atoms with E-state index >= 15 is 0 Å². The number of sulfonamides is 2. The highest BCUT2D eigenvalue weighted by Crippen LogP contribution is 2.22. The van der Waals surface area contributed by atoms with E-state index in [9.17, 15) is 16.8 Å². The monoisotopic (exact) mass is 364 g/mol. The number of rotatable bonds is 4. The summed E-state index contributed by atoms with van der Waals surface area (Å²) in [7, 11) is -8.50. The Bertz CT molecular complexity index is 724. The molecule has 0 radical (unpaired) electrons. The summed E-state index contributed by atoms with van der Waals surface area (Å²) in [4.78, 5) is -1.14. The first-order chi connectivity index (χ1) is 8.55. The summed E-state index contributed by atoms with van der Waals surface area (Å²) in [6, 6.07) is 4.74. The molecule has 1 aromatic rings. The first-order valence-corrected chi connectivity index (χ1v) is 8.57. The smallest absolute Gasteiger partial charge is 0.263 e. The van der Waals surface area contributed by atoms with Gasteiger partial charge in [-0.3, -0.25) is 4.72 Å². The summed E-state index contributed by atoms with van der Waals surface area (Å²) in [6.45, 7) is 0. The van der Waals surface area contributed by atoms with Gasteiger partial charge in [0, 0.05) is 0 Å². The Morgan fingerprint density at radius 3 is 1.89 bits per heavy atom. The quantitative estimate of drug-likeness (QED) is 0.788. The van der Waals surface area contributed by atoms with E-state index in [1.807, 2.05) is 4.72 Å². The molecule has 6 nitrogen and oxygen atoms in total. The Kier molecular flexibility index (Phi) is 5.10. The maximum absolute atomic E-state index is 11.9. The normalized spacial score (nSPS) is 12.0. The summed E-state index contributed by atoms with van der Waals surface area (Å²) in [5.41, 5.74) is 0. The van der Waals surface area contributed by atoms with Crippen LogP contribution in [0.1, 0.15) is 0 Å². The second-order valence-corrected chi connectivity index (χ2v) is 7.68. The molecule has 0 spiro atoms. The fraction of sp³-hybridized carbons (Fsp3) is 0. The van der Waals surface area contributed by atoms with E-state index in [1.165, 1.54) is 12.1 Å². The van der Waals surface area contributed by atoms with Crippen molar-refractivity contribution in [1.29, 1.82) is 0 Å². The van der Waals surface area contributed by atoms with Gasteiger partial charge < -0.3 is 0 Å². The number of nitrogens with two attached hydrogens (primary N) is 1. The van der Waals surface area contributed by atoms with Crippen LogP contribution in [0.25, 0.3) is 0 Å². The minimum Gasteiger partial charge on any atom is -0.267 e. The van der Waals surface area contributed by atoms with Crippen molar-refractivity contribution >= 4 is 54.8 Å². The van der Waals surface area contributed by atoms with Gasteiger partial charge in [0.15, 0.2) is 0 Å². The van der Waals surface area contributed by atoms with Gasteiger partial charge in [0.25, 0.3) is 10.0 Å². The Morgan fingerprint density at radius 1 is 1.00 bits per heavy atom. The lowest BCUT2D eigenvalue weighted by Crippen LogP contribution is -2.25. The van der Waals surface area contributed by atoms with Crippen molar-refractivity contribution < 1.29 is 16.8 Å². The van der Waals surface area contributed by atoms with Crippen LogP contribution >= 0.6 is 34.8 Å². The van der Waals surface area contributed by atoms with Gasteiger partial charge in [0.2, 0.25) is 10.0 Å². The average molecular weight is 366 g/mol. The first kappa shape index (κ1) is 16.5. The third kappa shape index (κ3) is 4.23. The Labute approximate surface area is 125 Å². The lowest BCUT2D eigenvalue weighted by atomic mass is 10.4. The topological polar surface area (TPSA) is 106 Å². The van der Waals surface area contributed by atoms with Crippen LogP contribution in [0, 0.1) is 0 Å². The molecule has 0 unspecified atom stereocenters. The fourth-order valence-corrected chi connectivity index (χ4v) is 3.96. The van der Waals surface area contributed by atoms with Crippen LogP contribution < -0.4 is 9.86 Å². The summed E-state index contributed by atoms with van der Waals surface area (Å²) in [6.07, 6.45) is 0. The van der Waals surface area contributed by atoms with Crippen molar-refractivity contribution in [2.75, 3.05) is 0 Å². The average Bonchev–Trinajstić information content (AvgIpc) is 2.27. The molecule has 3 N–H and O–H groups in total. The number of halogens is 3. The van der Waals surface area contributed by atoms with Crippen molar-refractivity contribution in [1.82, 2.24) is 4.72 Å². The summed E-state index contributed by atoms with van der Waals surface area (Å²) >= 11 is 16.1. The molecule has 0 saturated carbocycles.